The number of carbonyl (C=O) groups excluding carboxylic acids is 1. The van der Waals surface area contributed by atoms with E-state index in [1.54, 1.807) is 0 Å². The number of aliphatic hydroxyl groups is 3. The van der Waals surface area contributed by atoms with E-state index < -0.39 is 24.6 Å². The van der Waals surface area contributed by atoms with Crippen molar-refractivity contribution < 1.29 is 20.1 Å². The molecule has 0 radical (unpaired) electrons. The van der Waals surface area contributed by atoms with Gasteiger partial charge in [0, 0.05) is 0 Å². The standard InChI is InChI=1S/C6H10O4/c1-2-6(9,10)3-5(8)4-7/h2,7,9-10H,1,3-4H2. The van der Waals surface area contributed by atoms with Crippen molar-refractivity contribution >= 4 is 5.78 Å². The molecule has 0 rings (SSSR count). The van der Waals surface area contributed by atoms with Gasteiger partial charge in [0.05, 0.1) is 6.42 Å². The van der Waals surface area contributed by atoms with Crippen LogP contribution in [0.4, 0.5) is 0 Å². The predicted molar refractivity (Wildman–Crippen MR) is 34.1 cm³/mol. The smallest absolute Gasteiger partial charge is 0.189 e. The lowest BCUT2D eigenvalue weighted by atomic mass is 10.1. The highest BCUT2D eigenvalue weighted by molar-refractivity contribution is 5.80. The first kappa shape index (κ1) is 9.29. The van der Waals surface area contributed by atoms with Gasteiger partial charge in [0.25, 0.3) is 0 Å². The van der Waals surface area contributed by atoms with Gasteiger partial charge in [-0.1, -0.05) is 6.58 Å². The molecule has 4 heteroatoms. The zero-order valence-corrected chi connectivity index (χ0v) is 5.45. The molecule has 0 heterocycles. The second-order valence-electron chi connectivity index (χ2n) is 1.96. The summed E-state index contributed by atoms with van der Waals surface area (Å²) in [6, 6.07) is 0. The molecule has 0 aromatic rings. The van der Waals surface area contributed by atoms with Gasteiger partial charge in [-0.3, -0.25) is 4.79 Å². The van der Waals surface area contributed by atoms with Crippen molar-refractivity contribution in [2.45, 2.75) is 12.2 Å². The van der Waals surface area contributed by atoms with E-state index in [2.05, 4.69) is 6.58 Å². The maximum atomic E-state index is 10.4. The molecule has 0 spiro atoms. The first-order valence-corrected chi connectivity index (χ1v) is 2.73. The highest BCUT2D eigenvalue weighted by Gasteiger charge is 2.21. The third kappa shape index (κ3) is 3.34. The second-order valence-corrected chi connectivity index (χ2v) is 1.96. The van der Waals surface area contributed by atoms with E-state index in [-0.39, 0.29) is 0 Å². The largest absolute Gasteiger partial charge is 0.389 e. The summed E-state index contributed by atoms with van der Waals surface area (Å²) in [6.07, 6.45) is 0.313. The van der Waals surface area contributed by atoms with Gasteiger partial charge in [0.2, 0.25) is 0 Å². The van der Waals surface area contributed by atoms with Crippen molar-refractivity contribution in [3.8, 4) is 0 Å². The number of Topliss-reactive ketones (excluding diaryl/α,β-unsaturated/α-hetero) is 1. The van der Waals surface area contributed by atoms with Gasteiger partial charge in [0.15, 0.2) is 11.6 Å². The Labute approximate surface area is 58.4 Å². The Bertz CT molecular complexity index is 139. The molecule has 0 aromatic carbocycles. The monoisotopic (exact) mass is 146 g/mol. The van der Waals surface area contributed by atoms with Gasteiger partial charge in [-0.05, 0) is 6.08 Å². The quantitative estimate of drug-likeness (QED) is 0.344. The minimum absolute atomic E-state index is 0.521. The lowest BCUT2D eigenvalue weighted by Gasteiger charge is -2.14. The molecule has 4 nitrogen and oxygen atoms in total. The average molecular weight is 146 g/mol. The Morgan fingerprint density at radius 1 is 1.60 bits per heavy atom. The van der Waals surface area contributed by atoms with E-state index in [0.29, 0.717) is 0 Å². The van der Waals surface area contributed by atoms with E-state index >= 15 is 0 Å². The highest BCUT2D eigenvalue weighted by Crippen LogP contribution is 2.06. The molecule has 0 fully saturated rings. The SMILES string of the molecule is C=CC(O)(O)CC(=O)CO. The molecule has 0 aliphatic heterocycles. The molecule has 0 atom stereocenters. The van der Waals surface area contributed by atoms with Crippen LogP contribution < -0.4 is 0 Å². The number of carbonyl (C=O) groups is 1. The number of aliphatic hydroxyl groups excluding tert-OH is 1. The topological polar surface area (TPSA) is 77.8 Å². The van der Waals surface area contributed by atoms with Gasteiger partial charge in [-0.15, -0.1) is 0 Å². The van der Waals surface area contributed by atoms with E-state index in [4.69, 9.17) is 15.3 Å². The number of ketones is 1. The summed E-state index contributed by atoms with van der Waals surface area (Å²) in [7, 11) is 0. The summed E-state index contributed by atoms with van der Waals surface area (Å²) in [5.74, 6) is -2.82. The third-order valence-electron chi connectivity index (χ3n) is 0.961. The van der Waals surface area contributed by atoms with Crippen molar-refractivity contribution in [1.82, 2.24) is 0 Å². The molecule has 0 amide bonds. The van der Waals surface area contributed by atoms with E-state index in [9.17, 15) is 4.79 Å². The van der Waals surface area contributed by atoms with Crippen LogP contribution in [0.15, 0.2) is 12.7 Å². The van der Waals surface area contributed by atoms with Gasteiger partial charge in [0.1, 0.15) is 6.61 Å². The number of hydrogen-bond acceptors (Lipinski definition) is 4. The van der Waals surface area contributed by atoms with Crippen LogP contribution in [-0.4, -0.2) is 33.5 Å². The molecule has 58 valence electrons. The summed E-state index contributed by atoms with van der Waals surface area (Å²) < 4.78 is 0. The number of rotatable bonds is 4. The molecule has 0 unspecified atom stereocenters. The van der Waals surface area contributed by atoms with Crippen molar-refractivity contribution in [2.75, 3.05) is 6.61 Å². The van der Waals surface area contributed by atoms with Crippen molar-refractivity contribution in [1.29, 1.82) is 0 Å². The van der Waals surface area contributed by atoms with Crippen LogP contribution in [-0.2, 0) is 4.79 Å². The van der Waals surface area contributed by atoms with Crippen LogP contribution in [0.1, 0.15) is 6.42 Å². The van der Waals surface area contributed by atoms with Crippen molar-refractivity contribution in [2.24, 2.45) is 0 Å². The first-order chi connectivity index (χ1) is 4.52. The predicted octanol–water partition coefficient (Wildman–Crippen LogP) is -1.20. The van der Waals surface area contributed by atoms with Crippen molar-refractivity contribution in [3.63, 3.8) is 0 Å². The summed E-state index contributed by atoms with van der Waals surface area (Å²) in [4.78, 5) is 10.4. The van der Waals surface area contributed by atoms with Gasteiger partial charge >= 0.3 is 0 Å². The van der Waals surface area contributed by atoms with Gasteiger partial charge < -0.3 is 15.3 Å². The first-order valence-electron chi connectivity index (χ1n) is 2.73. The van der Waals surface area contributed by atoms with E-state index in [0.717, 1.165) is 6.08 Å². The zero-order chi connectivity index (χ0) is 8.20. The Morgan fingerprint density at radius 3 is 2.40 bits per heavy atom. The van der Waals surface area contributed by atoms with Crippen LogP contribution in [0.2, 0.25) is 0 Å². The minimum atomic E-state index is -2.18. The summed E-state index contributed by atoms with van der Waals surface area (Å²) in [5.41, 5.74) is 0. The second kappa shape index (κ2) is 3.46. The Hall–Kier alpha value is -0.710. The lowest BCUT2D eigenvalue weighted by molar-refractivity contribution is -0.147. The Balaban J connectivity index is 3.88. The molecule has 0 saturated carbocycles. The molecule has 0 saturated heterocycles. The normalized spacial score (nSPS) is 11.1. The van der Waals surface area contributed by atoms with Crippen LogP contribution >= 0.6 is 0 Å². The Morgan fingerprint density at radius 2 is 2.10 bits per heavy atom. The minimum Gasteiger partial charge on any atom is -0.389 e. The van der Waals surface area contributed by atoms with Crippen molar-refractivity contribution in [3.05, 3.63) is 12.7 Å². The third-order valence-corrected chi connectivity index (χ3v) is 0.961. The van der Waals surface area contributed by atoms with E-state index in [1.165, 1.54) is 0 Å². The van der Waals surface area contributed by atoms with Gasteiger partial charge in [-0.2, -0.15) is 0 Å². The van der Waals surface area contributed by atoms with Crippen LogP contribution in [0.5, 0.6) is 0 Å². The van der Waals surface area contributed by atoms with E-state index in [1.807, 2.05) is 0 Å². The maximum Gasteiger partial charge on any atom is 0.189 e. The Kier molecular flexibility index (Phi) is 3.21. The van der Waals surface area contributed by atoms with Crippen LogP contribution in [0.3, 0.4) is 0 Å². The molecule has 0 aromatic heterocycles. The fourth-order valence-electron chi connectivity index (χ4n) is 0.418. The molecule has 0 aliphatic carbocycles. The maximum absolute atomic E-state index is 10.4. The van der Waals surface area contributed by atoms with Crippen LogP contribution in [0, 0.1) is 0 Å². The summed E-state index contributed by atoms with van der Waals surface area (Å²) in [5, 5.41) is 25.6. The molecule has 3 N–H and O–H groups in total. The summed E-state index contributed by atoms with van der Waals surface area (Å²) >= 11 is 0. The molecular weight excluding hydrogens is 136 g/mol. The number of hydrogen-bond donors (Lipinski definition) is 3. The average Bonchev–Trinajstić information content (AvgIpc) is 1.87. The van der Waals surface area contributed by atoms with Crippen LogP contribution in [0.25, 0.3) is 0 Å². The van der Waals surface area contributed by atoms with Gasteiger partial charge in [-0.25, -0.2) is 0 Å². The molecule has 0 bridgehead atoms. The molecular formula is C6H10O4. The highest BCUT2D eigenvalue weighted by atomic mass is 16.5. The zero-order valence-electron chi connectivity index (χ0n) is 5.45. The fraction of sp³-hybridized carbons (Fsp3) is 0.500. The molecule has 10 heavy (non-hydrogen) atoms. The lowest BCUT2D eigenvalue weighted by Crippen LogP contribution is -2.29. The summed E-state index contributed by atoms with van der Waals surface area (Å²) in [6.45, 7) is 2.40. The molecule has 0 aliphatic rings. The fourth-order valence-corrected chi connectivity index (χ4v) is 0.418.